The zero-order valence-corrected chi connectivity index (χ0v) is 12.7. The van der Waals surface area contributed by atoms with Crippen LogP contribution in [0.15, 0.2) is 18.2 Å². The van der Waals surface area contributed by atoms with Gasteiger partial charge < -0.3 is 10.0 Å². The second-order valence-corrected chi connectivity index (χ2v) is 6.42. The van der Waals surface area contributed by atoms with Crippen molar-refractivity contribution in [1.82, 2.24) is 4.90 Å². The van der Waals surface area contributed by atoms with Gasteiger partial charge in [-0.05, 0) is 45.9 Å². The molecule has 0 spiro atoms. The van der Waals surface area contributed by atoms with Crippen molar-refractivity contribution in [3.63, 3.8) is 0 Å². The molecule has 0 aromatic heterocycles. The largest absolute Gasteiger partial charge is 0.389 e. The van der Waals surface area contributed by atoms with Crippen LogP contribution in [-0.2, 0) is 6.54 Å². The van der Waals surface area contributed by atoms with Crippen LogP contribution < -0.4 is 4.90 Å². The Bertz CT molecular complexity index is 450. The van der Waals surface area contributed by atoms with Gasteiger partial charge in [-0.15, -0.1) is 0 Å². The normalized spacial score (nSPS) is 16.2. The molecule has 1 fully saturated rings. The number of hydrogen-bond donors (Lipinski definition) is 1. The Morgan fingerprint density at radius 3 is 2.55 bits per heavy atom. The van der Waals surface area contributed by atoms with Crippen LogP contribution in [0.1, 0.15) is 32.3 Å². The highest BCUT2D eigenvalue weighted by molar-refractivity contribution is 5.54. The molecule has 1 aromatic rings. The average molecular weight is 280 g/mol. The third-order valence-electron chi connectivity index (χ3n) is 3.63. The molecular formula is C16H25FN2O. The van der Waals surface area contributed by atoms with Crippen molar-refractivity contribution in [2.24, 2.45) is 0 Å². The first-order valence-electron chi connectivity index (χ1n) is 7.30. The fourth-order valence-electron chi connectivity index (χ4n) is 2.94. The average Bonchev–Trinajstić information content (AvgIpc) is 2.82. The zero-order chi connectivity index (χ0) is 14.8. The summed E-state index contributed by atoms with van der Waals surface area (Å²) in [6.07, 6.45) is 2.35. The number of aliphatic hydroxyl groups is 1. The van der Waals surface area contributed by atoms with Gasteiger partial charge in [0.2, 0.25) is 0 Å². The highest BCUT2D eigenvalue weighted by Crippen LogP contribution is 2.27. The fraction of sp³-hybridized carbons (Fsp3) is 0.625. The van der Waals surface area contributed by atoms with Crippen LogP contribution in [0.25, 0.3) is 0 Å². The number of rotatable bonds is 5. The van der Waals surface area contributed by atoms with E-state index in [1.54, 1.807) is 19.9 Å². The number of likely N-dealkylation sites (N-methyl/N-ethyl adjacent to an activating group) is 1. The molecule has 1 aliphatic rings. The van der Waals surface area contributed by atoms with Gasteiger partial charge in [-0.1, -0.05) is 6.07 Å². The fourth-order valence-corrected chi connectivity index (χ4v) is 2.94. The van der Waals surface area contributed by atoms with Gasteiger partial charge in [-0.25, -0.2) is 4.39 Å². The molecule has 0 aliphatic carbocycles. The highest BCUT2D eigenvalue weighted by Gasteiger charge is 2.21. The van der Waals surface area contributed by atoms with Crippen LogP contribution in [-0.4, -0.2) is 42.3 Å². The Balaban J connectivity index is 2.17. The number of anilines is 1. The van der Waals surface area contributed by atoms with E-state index in [9.17, 15) is 9.50 Å². The minimum atomic E-state index is -0.770. The van der Waals surface area contributed by atoms with Crippen LogP contribution in [0.3, 0.4) is 0 Å². The SMILES string of the molecule is CN(Cc1c(F)cccc1N1CCCC1)CC(C)(C)O. The molecule has 0 radical (unpaired) electrons. The van der Waals surface area contributed by atoms with E-state index in [4.69, 9.17) is 0 Å². The predicted octanol–water partition coefficient (Wildman–Crippen LogP) is 2.63. The van der Waals surface area contributed by atoms with Gasteiger partial charge in [0.25, 0.3) is 0 Å². The number of benzene rings is 1. The van der Waals surface area contributed by atoms with E-state index in [0.717, 1.165) is 24.3 Å². The predicted molar refractivity (Wildman–Crippen MR) is 80.5 cm³/mol. The molecule has 4 heteroatoms. The molecule has 112 valence electrons. The second kappa shape index (κ2) is 6.10. The zero-order valence-electron chi connectivity index (χ0n) is 12.7. The Labute approximate surface area is 121 Å². The Morgan fingerprint density at radius 1 is 1.30 bits per heavy atom. The van der Waals surface area contributed by atoms with Crippen LogP contribution >= 0.6 is 0 Å². The molecule has 0 unspecified atom stereocenters. The molecule has 1 heterocycles. The van der Waals surface area contributed by atoms with Crippen molar-refractivity contribution < 1.29 is 9.50 Å². The third-order valence-corrected chi connectivity index (χ3v) is 3.63. The first-order chi connectivity index (χ1) is 9.37. The van der Waals surface area contributed by atoms with Crippen molar-refractivity contribution in [3.05, 3.63) is 29.6 Å². The number of nitrogens with zero attached hydrogens (tertiary/aromatic N) is 2. The van der Waals surface area contributed by atoms with Gasteiger partial charge in [0, 0.05) is 37.4 Å². The minimum Gasteiger partial charge on any atom is -0.389 e. The van der Waals surface area contributed by atoms with Crippen LogP contribution in [0.4, 0.5) is 10.1 Å². The maximum atomic E-state index is 14.2. The standard InChI is InChI=1S/C16H25FN2O/c1-16(2,20)12-18(3)11-13-14(17)7-6-8-15(13)19-9-4-5-10-19/h6-8,20H,4-5,9-12H2,1-3H3. The molecule has 2 rings (SSSR count). The lowest BCUT2D eigenvalue weighted by atomic mass is 10.1. The summed E-state index contributed by atoms with van der Waals surface area (Å²) in [4.78, 5) is 4.23. The topological polar surface area (TPSA) is 26.7 Å². The molecule has 20 heavy (non-hydrogen) atoms. The molecule has 0 bridgehead atoms. The van der Waals surface area contributed by atoms with E-state index >= 15 is 0 Å². The van der Waals surface area contributed by atoms with Gasteiger partial charge in [0.05, 0.1) is 5.60 Å². The van der Waals surface area contributed by atoms with Crippen molar-refractivity contribution in [1.29, 1.82) is 0 Å². The van der Waals surface area contributed by atoms with Gasteiger partial charge >= 0.3 is 0 Å². The summed E-state index contributed by atoms with van der Waals surface area (Å²) >= 11 is 0. The Morgan fingerprint density at radius 2 is 1.95 bits per heavy atom. The molecule has 1 aliphatic heterocycles. The summed E-state index contributed by atoms with van der Waals surface area (Å²) in [5.41, 5.74) is 0.972. The molecule has 3 nitrogen and oxygen atoms in total. The molecule has 0 saturated carbocycles. The van der Waals surface area contributed by atoms with Crippen molar-refractivity contribution in [2.45, 2.75) is 38.8 Å². The Hall–Kier alpha value is -1.13. The summed E-state index contributed by atoms with van der Waals surface area (Å²) in [6, 6.07) is 5.30. The van der Waals surface area contributed by atoms with Crippen molar-refractivity contribution in [3.8, 4) is 0 Å². The van der Waals surface area contributed by atoms with E-state index in [1.165, 1.54) is 18.9 Å². The van der Waals surface area contributed by atoms with Crippen LogP contribution in [0, 0.1) is 5.82 Å². The molecule has 1 saturated heterocycles. The van der Waals surface area contributed by atoms with Gasteiger partial charge in [-0.2, -0.15) is 0 Å². The first kappa shape index (κ1) is 15.3. The van der Waals surface area contributed by atoms with Gasteiger partial charge in [0.15, 0.2) is 0 Å². The first-order valence-corrected chi connectivity index (χ1v) is 7.30. The summed E-state index contributed by atoms with van der Waals surface area (Å²) in [5, 5.41) is 9.87. The lowest BCUT2D eigenvalue weighted by Gasteiger charge is -2.28. The van der Waals surface area contributed by atoms with Gasteiger partial charge in [0.1, 0.15) is 5.82 Å². The highest BCUT2D eigenvalue weighted by atomic mass is 19.1. The Kier molecular flexibility index (Phi) is 4.66. The quantitative estimate of drug-likeness (QED) is 0.898. The second-order valence-electron chi connectivity index (χ2n) is 6.42. The summed E-state index contributed by atoms with van der Waals surface area (Å²) in [5.74, 6) is -0.156. The minimum absolute atomic E-state index is 0.156. The van der Waals surface area contributed by atoms with E-state index in [-0.39, 0.29) is 5.82 Å². The molecule has 0 amide bonds. The van der Waals surface area contributed by atoms with Gasteiger partial charge in [-0.3, -0.25) is 4.90 Å². The van der Waals surface area contributed by atoms with Crippen molar-refractivity contribution >= 4 is 5.69 Å². The summed E-state index contributed by atoms with van der Waals surface area (Å²) in [6.45, 7) is 6.58. The van der Waals surface area contributed by atoms with E-state index in [2.05, 4.69) is 4.90 Å². The van der Waals surface area contributed by atoms with Crippen molar-refractivity contribution in [2.75, 3.05) is 31.6 Å². The lowest BCUT2D eigenvalue weighted by Crippen LogP contribution is -2.36. The molecule has 1 aromatic carbocycles. The number of halogens is 1. The summed E-state index contributed by atoms with van der Waals surface area (Å²) in [7, 11) is 1.91. The maximum Gasteiger partial charge on any atom is 0.129 e. The van der Waals surface area contributed by atoms with Crippen LogP contribution in [0.5, 0.6) is 0 Å². The van der Waals surface area contributed by atoms with E-state index in [1.807, 2.05) is 18.0 Å². The third kappa shape index (κ3) is 3.93. The number of hydrogen-bond acceptors (Lipinski definition) is 3. The summed E-state index contributed by atoms with van der Waals surface area (Å²) < 4.78 is 14.2. The molecule has 0 atom stereocenters. The van der Waals surface area contributed by atoms with E-state index in [0.29, 0.717) is 13.1 Å². The molecule has 1 N–H and O–H groups in total. The molecular weight excluding hydrogens is 255 g/mol. The maximum absolute atomic E-state index is 14.2. The lowest BCUT2D eigenvalue weighted by molar-refractivity contribution is 0.0422. The van der Waals surface area contributed by atoms with Crippen LogP contribution in [0.2, 0.25) is 0 Å². The smallest absolute Gasteiger partial charge is 0.129 e. The monoisotopic (exact) mass is 280 g/mol. The van der Waals surface area contributed by atoms with E-state index < -0.39 is 5.60 Å².